The number of furan rings is 1. The number of hydrogen-bond donors (Lipinski definition) is 2. The fourth-order valence-corrected chi connectivity index (χ4v) is 3.68. The second-order valence-electron chi connectivity index (χ2n) is 7.21. The van der Waals surface area contributed by atoms with Gasteiger partial charge in [0.15, 0.2) is 5.82 Å². The van der Waals surface area contributed by atoms with Crippen LogP contribution < -0.4 is 5.32 Å². The number of hydrogen-bond acceptors (Lipinski definition) is 4. The number of carbonyl (C=O) groups excluding carboxylic acids is 1. The number of benzene rings is 1. The second-order valence-corrected chi connectivity index (χ2v) is 7.21. The molecule has 4 rings (SSSR count). The van der Waals surface area contributed by atoms with Crippen LogP contribution in [0.5, 0.6) is 0 Å². The van der Waals surface area contributed by atoms with Crippen molar-refractivity contribution in [2.75, 3.05) is 11.9 Å². The average Bonchev–Trinajstić information content (AvgIpc) is 3.30. The molecule has 0 radical (unpaired) electrons. The zero-order chi connectivity index (χ0) is 19.3. The average molecular weight is 379 g/mol. The number of rotatable bonds is 4. The van der Waals surface area contributed by atoms with E-state index in [1.165, 1.54) is 0 Å². The van der Waals surface area contributed by atoms with Crippen LogP contribution in [0.2, 0.25) is 0 Å². The van der Waals surface area contributed by atoms with Gasteiger partial charge in [-0.2, -0.15) is 5.10 Å². The van der Waals surface area contributed by atoms with Gasteiger partial charge in [0.1, 0.15) is 11.6 Å². The number of H-pyrrole nitrogens is 1. The fourth-order valence-electron chi connectivity index (χ4n) is 3.68. The summed E-state index contributed by atoms with van der Waals surface area (Å²) in [6, 6.07) is 11.6. The number of aromatic amines is 1. The number of aryl methyl sites for hydroxylation is 1. The molecule has 1 fully saturated rings. The summed E-state index contributed by atoms with van der Waals surface area (Å²) < 4.78 is 5.60. The summed E-state index contributed by atoms with van der Waals surface area (Å²) in [5.74, 6) is 2.43. The zero-order valence-electron chi connectivity index (χ0n) is 16.0. The van der Waals surface area contributed by atoms with E-state index in [0.717, 1.165) is 60.9 Å². The molecule has 0 bridgehead atoms. The maximum absolute atomic E-state index is 13.0. The van der Waals surface area contributed by atoms with Crippen LogP contribution in [-0.4, -0.2) is 32.7 Å². The van der Waals surface area contributed by atoms with Crippen molar-refractivity contribution in [2.45, 2.75) is 45.1 Å². The molecule has 2 N–H and O–H groups in total. The third-order valence-corrected chi connectivity index (χ3v) is 5.10. The van der Waals surface area contributed by atoms with Gasteiger partial charge in [-0.1, -0.05) is 25.0 Å². The molecule has 0 saturated carbocycles. The fraction of sp³-hybridized carbons (Fsp3) is 0.381. The molecule has 2 amide bonds. The molecule has 0 spiro atoms. The molecule has 2 aromatic heterocycles. The molecule has 1 aromatic carbocycles. The minimum absolute atomic E-state index is 0.00856. The number of nitrogens with one attached hydrogen (secondary N) is 2. The first-order valence-electron chi connectivity index (χ1n) is 9.77. The largest absolute Gasteiger partial charge is 0.467 e. The van der Waals surface area contributed by atoms with Crippen LogP contribution >= 0.6 is 0 Å². The van der Waals surface area contributed by atoms with E-state index in [1.54, 1.807) is 6.26 Å². The lowest BCUT2D eigenvalue weighted by atomic mass is 10.1. The van der Waals surface area contributed by atoms with Crippen molar-refractivity contribution in [3.63, 3.8) is 0 Å². The maximum Gasteiger partial charge on any atom is 0.322 e. The summed E-state index contributed by atoms with van der Waals surface area (Å²) in [5, 5.41) is 10.0. The van der Waals surface area contributed by atoms with Crippen LogP contribution in [0.4, 0.5) is 10.5 Å². The molecule has 7 nitrogen and oxygen atoms in total. The first-order chi connectivity index (χ1) is 13.7. The van der Waals surface area contributed by atoms with Crippen molar-refractivity contribution in [1.82, 2.24) is 20.1 Å². The molecule has 1 atom stereocenters. The third-order valence-electron chi connectivity index (χ3n) is 5.10. The number of urea groups is 1. The molecule has 1 aliphatic rings. The quantitative estimate of drug-likeness (QED) is 0.701. The lowest BCUT2D eigenvalue weighted by molar-refractivity contribution is 0.179. The van der Waals surface area contributed by atoms with Crippen molar-refractivity contribution >= 4 is 11.7 Å². The van der Waals surface area contributed by atoms with Gasteiger partial charge in [0.2, 0.25) is 0 Å². The Morgan fingerprint density at radius 3 is 2.82 bits per heavy atom. The molecule has 7 heteroatoms. The molecule has 1 saturated heterocycles. The van der Waals surface area contributed by atoms with Gasteiger partial charge in [-0.05, 0) is 49.6 Å². The van der Waals surface area contributed by atoms with E-state index in [4.69, 9.17) is 4.42 Å². The molecule has 1 unspecified atom stereocenters. The molecule has 3 aromatic rings. The summed E-state index contributed by atoms with van der Waals surface area (Å²) in [6.45, 7) is 2.62. The van der Waals surface area contributed by atoms with E-state index in [-0.39, 0.29) is 12.1 Å². The smallest absolute Gasteiger partial charge is 0.322 e. The molecule has 146 valence electrons. The van der Waals surface area contributed by atoms with Gasteiger partial charge in [0.05, 0.1) is 12.3 Å². The zero-order valence-corrected chi connectivity index (χ0v) is 16.0. The molecule has 3 heterocycles. The van der Waals surface area contributed by atoms with Crippen LogP contribution in [0.3, 0.4) is 0 Å². The van der Waals surface area contributed by atoms with Crippen LogP contribution in [0, 0.1) is 6.92 Å². The van der Waals surface area contributed by atoms with Crippen LogP contribution in [0.15, 0.2) is 47.1 Å². The number of nitrogens with zero attached hydrogens (tertiary/aromatic N) is 3. The van der Waals surface area contributed by atoms with E-state index in [1.807, 2.05) is 48.2 Å². The number of aromatic nitrogens is 3. The molecule has 0 aliphatic carbocycles. The minimum Gasteiger partial charge on any atom is -0.467 e. The number of carbonyl (C=O) groups is 1. The van der Waals surface area contributed by atoms with Crippen molar-refractivity contribution in [3.8, 4) is 0 Å². The van der Waals surface area contributed by atoms with Crippen LogP contribution in [0.1, 0.15) is 54.7 Å². The lowest BCUT2D eigenvalue weighted by Crippen LogP contribution is -2.37. The van der Waals surface area contributed by atoms with Crippen molar-refractivity contribution in [3.05, 3.63) is 65.6 Å². The van der Waals surface area contributed by atoms with Gasteiger partial charge < -0.3 is 14.6 Å². The Kier molecular flexibility index (Phi) is 5.41. The Balaban J connectivity index is 1.43. The number of amides is 2. The van der Waals surface area contributed by atoms with Crippen molar-refractivity contribution in [2.24, 2.45) is 0 Å². The first-order valence-corrected chi connectivity index (χ1v) is 9.77. The van der Waals surface area contributed by atoms with E-state index >= 15 is 0 Å². The Morgan fingerprint density at radius 1 is 1.25 bits per heavy atom. The van der Waals surface area contributed by atoms with E-state index in [2.05, 4.69) is 20.5 Å². The van der Waals surface area contributed by atoms with E-state index < -0.39 is 0 Å². The summed E-state index contributed by atoms with van der Waals surface area (Å²) in [7, 11) is 0. The highest BCUT2D eigenvalue weighted by molar-refractivity contribution is 5.89. The number of anilines is 1. The Hall–Kier alpha value is -3.09. The summed E-state index contributed by atoms with van der Waals surface area (Å²) in [4.78, 5) is 19.2. The Bertz CT molecular complexity index is 901. The van der Waals surface area contributed by atoms with Gasteiger partial charge in [0.25, 0.3) is 0 Å². The topological polar surface area (TPSA) is 87.1 Å². The van der Waals surface area contributed by atoms with Gasteiger partial charge in [-0.25, -0.2) is 9.78 Å². The van der Waals surface area contributed by atoms with Crippen molar-refractivity contribution in [1.29, 1.82) is 0 Å². The first kappa shape index (κ1) is 18.3. The number of likely N-dealkylation sites (tertiary alicyclic amines) is 1. The highest BCUT2D eigenvalue weighted by Gasteiger charge is 2.28. The van der Waals surface area contributed by atoms with Crippen LogP contribution in [-0.2, 0) is 6.42 Å². The summed E-state index contributed by atoms with van der Waals surface area (Å²) in [6.07, 6.45) is 6.51. The normalized spacial score (nSPS) is 17.3. The summed E-state index contributed by atoms with van der Waals surface area (Å²) in [5.41, 5.74) is 1.88. The Morgan fingerprint density at radius 2 is 2.11 bits per heavy atom. The predicted molar refractivity (Wildman–Crippen MR) is 106 cm³/mol. The predicted octanol–water partition coefficient (Wildman–Crippen LogP) is 4.45. The van der Waals surface area contributed by atoms with Gasteiger partial charge in [-0.15, -0.1) is 0 Å². The van der Waals surface area contributed by atoms with Gasteiger partial charge >= 0.3 is 6.03 Å². The molecule has 1 aliphatic heterocycles. The van der Waals surface area contributed by atoms with E-state index in [9.17, 15) is 4.79 Å². The minimum atomic E-state index is -0.0827. The molecule has 28 heavy (non-hydrogen) atoms. The lowest BCUT2D eigenvalue weighted by Gasteiger charge is -2.28. The SMILES string of the molecule is Cc1nc(Cc2ccc(NC(=O)N3CCCCCC3c3ccco3)cc2)n[nH]1. The second kappa shape index (κ2) is 8.29. The van der Waals surface area contributed by atoms with Crippen LogP contribution in [0.25, 0.3) is 0 Å². The van der Waals surface area contributed by atoms with Gasteiger partial charge in [0, 0.05) is 18.7 Å². The Labute approximate surface area is 164 Å². The van der Waals surface area contributed by atoms with Gasteiger partial charge in [-0.3, -0.25) is 5.10 Å². The highest BCUT2D eigenvalue weighted by Crippen LogP contribution is 2.31. The summed E-state index contributed by atoms with van der Waals surface area (Å²) >= 11 is 0. The highest BCUT2D eigenvalue weighted by atomic mass is 16.3. The van der Waals surface area contributed by atoms with E-state index in [0.29, 0.717) is 6.42 Å². The third kappa shape index (κ3) is 4.24. The molecular formula is C21H25N5O2. The molecular weight excluding hydrogens is 354 g/mol. The monoisotopic (exact) mass is 379 g/mol. The standard InChI is InChI=1S/C21H25N5O2/c1-15-22-20(25-24-15)14-16-8-10-17(11-9-16)23-21(27)26-12-4-2-3-6-18(26)19-7-5-13-28-19/h5,7-11,13,18H,2-4,6,12,14H2,1H3,(H,23,27)(H,22,24,25). The van der Waals surface area contributed by atoms with Crippen molar-refractivity contribution < 1.29 is 9.21 Å². The maximum atomic E-state index is 13.0.